The van der Waals surface area contributed by atoms with Gasteiger partial charge in [0.25, 0.3) is 0 Å². The van der Waals surface area contributed by atoms with Crippen molar-refractivity contribution in [3.63, 3.8) is 0 Å². The largest absolute Gasteiger partial charge is 0.393 e. The molecule has 0 amide bonds. The van der Waals surface area contributed by atoms with Crippen molar-refractivity contribution in [3.8, 4) is 0 Å². The SMILES string of the molecule is CC(c1nnc2n1CC(C(F)(F)F)CC2)N1CCNCC1. The molecule has 3 heterocycles. The molecule has 2 atom stereocenters. The minimum absolute atomic E-state index is 0.000309. The summed E-state index contributed by atoms with van der Waals surface area (Å²) in [6.45, 7) is 5.52. The van der Waals surface area contributed by atoms with Crippen LogP contribution in [0.3, 0.4) is 0 Å². The van der Waals surface area contributed by atoms with Gasteiger partial charge in [-0.2, -0.15) is 13.2 Å². The zero-order chi connectivity index (χ0) is 15.0. The van der Waals surface area contributed by atoms with E-state index in [2.05, 4.69) is 20.4 Å². The van der Waals surface area contributed by atoms with Crippen molar-refractivity contribution < 1.29 is 13.2 Å². The Labute approximate surface area is 121 Å². The van der Waals surface area contributed by atoms with Crippen molar-refractivity contribution in [1.29, 1.82) is 0 Å². The van der Waals surface area contributed by atoms with E-state index in [-0.39, 0.29) is 19.0 Å². The van der Waals surface area contributed by atoms with Crippen LogP contribution in [0.1, 0.15) is 31.0 Å². The summed E-state index contributed by atoms with van der Waals surface area (Å²) < 4.78 is 40.6. The maximum atomic E-state index is 13.0. The lowest BCUT2D eigenvalue weighted by molar-refractivity contribution is -0.182. The molecule has 21 heavy (non-hydrogen) atoms. The lowest BCUT2D eigenvalue weighted by Gasteiger charge is -2.33. The number of aryl methyl sites for hydroxylation is 1. The van der Waals surface area contributed by atoms with Crippen molar-refractivity contribution in [2.24, 2.45) is 5.92 Å². The fraction of sp³-hybridized carbons (Fsp3) is 0.846. The van der Waals surface area contributed by atoms with Crippen LogP contribution in [0.25, 0.3) is 0 Å². The van der Waals surface area contributed by atoms with Crippen LogP contribution in [-0.2, 0) is 13.0 Å². The van der Waals surface area contributed by atoms with E-state index in [9.17, 15) is 13.2 Å². The molecule has 1 aromatic heterocycles. The van der Waals surface area contributed by atoms with Gasteiger partial charge in [-0.05, 0) is 13.3 Å². The summed E-state index contributed by atoms with van der Waals surface area (Å²) in [5.74, 6) is 0.0725. The number of piperazine rings is 1. The van der Waals surface area contributed by atoms with E-state index in [4.69, 9.17) is 0 Å². The van der Waals surface area contributed by atoms with Crippen molar-refractivity contribution in [2.45, 2.75) is 38.5 Å². The summed E-state index contributed by atoms with van der Waals surface area (Å²) in [5.41, 5.74) is 0. The van der Waals surface area contributed by atoms with Crippen LogP contribution in [0.5, 0.6) is 0 Å². The topological polar surface area (TPSA) is 46.0 Å². The van der Waals surface area contributed by atoms with Crippen LogP contribution in [0.15, 0.2) is 0 Å². The molecule has 0 aliphatic carbocycles. The first-order chi connectivity index (χ1) is 9.97. The molecule has 3 rings (SSSR count). The predicted octanol–water partition coefficient (Wildman–Crippen LogP) is 1.37. The first-order valence-corrected chi connectivity index (χ1v) is 7.40. The highest BCUT2D eigenvalue weighted by atomic mass is 19.4. The first kappa shape index (κ1) is 14.8. The van der Waals surface area contributed by atoms with Crippen molar-refractivity contribution in [1.82, 2.24) is 25.0 Å². The Hall–Kier alpha value is -1.15. The Morgan fingerprint density at radius 2 is 1.95 bits per heavy atom. The molecule has 0 saturated carbocycles. The third-order valence-electron chi connectivity index (χ3n) is 4.51. The van der Waals surface area contributed by atoms with Crippen LogP contribution in [0, 0.1) is 5.92 Å². The lowest BCUT2D eigenvalue weighted by atomic mass is 9.98. The number of hydrogen-bond acceptors (Lipinski definition) is 4. The third-order valence-corrected chi connectivity index (χ3v) is 4.51. The highest BCUT2D eigenvalue weighted by Crippen LogP contribution is 2.35. The molecule has 2 aliphatic heterocycles. The molecular formula is C13H20F3N5. The molecule has 118 valence electrons. The standard InChI is InChI=1S/C13H20F3N5/c1-9(20-6-4-17-5-7-20)12-19-18-11-3-2-10(8-21(11)12)13(14,15)16/h9-10,17H,2-8H2,1H3. The average Bonchev–Trinajstić information content (AvgIpc) is 2.89. The van der Waals surface area contributed by atoms with Gasteiger partial charge in [0, 0.05) is 39.1 Å². The van der Waals surface area contributed by atoms with E-state index in [0.29, 0.717) is 18.1 Å². The molecule has 8 heteroatoms. The molecule has 0 bridgehead atoms. The van der Waals surface area contributed by atoms with Crippen molar-refractivity contribution in [3.05, 3.63) is 11.6 Å². The van der Waals surface area contributed by atoms with Gasteiger partial charge in [-0.15, -0.1) is 10.2 Å². The van der Waals surface area contributed by atoms with Crippen molar-refractivity contribution in [2.75, 3.05) is 26.2 Å². The minimum Gasteiger partial charge on any atom is -0.314 e. The van der Waals surface area contributed by atoms with E-state index in [1.807, 2.05) is 6.92 Å². The smallest absolute Gasteiger partial charge is 0.314 e. The zero-order valence-electron chi connectivity index (χ0n) is 12.0. The number of hydrogen-bond donors (Lipinski definition) is 1. The van der Waals surface area contributed by atoms with Gasteiger partial charge >= 0.3 is 6.18 Å². The molecule has 2 unspecified atom stereocenters. The number of nitrogens with zero attached hydrogens (tertiary/aromatic N) is 4. The second kappa shape index (κ2) is 5.57. The molecule has 2 aliphatic rings. The van der Waals surface area contributed by atoms with Crippen LogP contribution >= 0.6 is 0 Å². The number of aromatic nitrogens is 3. The maximum Gasteiger partial charge on any atom is 0.393 e. The molecule has 0 aromatic carbocycles. The second-order valence-corrected chi connectivity index (χ2v) is 5.82. The van der Waals surface area contributed by atoms with Gasteiger partial charge in [0.2, 0.25) is 0 Å². The highest BCUT2D eigenvalue weighted by molar-refractivity contribution is 5.05. The zero-order valence-corrected chi connectivity index (χ0v) is 12.0. The molecule has 1 N–H and O–H groups in total. The van der Waals surface area contributed by atoms with E-state index >= 15 is 0 Å². The molecule has 0 radical (unpaired) electrons. The summed E-state index contributed by atoms with van der Waals surface area (Å²) in [5, 5.41) is 11.5. The normalized spacial score (nSPS) is 25.6. The molecule has 1 saturated heterocycles. The van der Waals surface area contributed by atoms with Gasteiger partial charge in [0.1, 0.15) is 11.6 Å². The average molecular weight is 303 g/mol. The number of halogens is 3. The summed E-state index contributed by atoms with van der Waals surface area (Å²) >= 11 is 0. The quantitative estimate of drug-likeness (QED) is 0.896. The second-order valence-electron chi connectivity index (χ2n) is 5.82. The summed E-state index contributed by atoms with van der Waals surface area (Å²) in [6.07, 6.45) is -3.67. The number of alkyl halides is 3. The number of fused-ring (bicyclic) bond motifs is 1. The summed E-state index contributed by atoms with van der Waals surface area (Å²) in [7, 11) is 0. The van der Waals surface area contributed by atoms with Gasteiger partial charge in [0.05, 0.1) is 12.0 Å². The lowest BCUT2D eigenvalue weighted by Crippen LogP contribution is -2.45. The number of nitrogens with one attached hydrogen (secondary N) is 1. The van der Waals surface area contributed by atoms with Crippen LogP contribution < -0.4 is 5.32 Å². The van der Waals surface area contributed by atoms with Crippen LogP contribution in [0.2, 0.25) is 0 Å². The van der Waals surface area contributed by atoms with E-state index < -0.39 is 12.1 Å². The van der Waals surface area contributed by atoms with Gasteiger partial charge in [-0.1, -0.05) is 0 Å². The van der Waals surface area contributed by atoms with Gasteiger partial charge < -0.3 is 9.88 Å². The Kier molecular flexibility index (Phi) is 3.92. The molecular weight excluding hydrogens is 283 g/mol. The Bertz CT molecular complexity index is 492. The van der Waals surface area contributed by atoms with Gasteiger partial charge in [-0.25, -0.2) is 0 Å². The van der Waals surface area contributed by atoms with Gasteiger partial charge in [0.15, 0.2) is 0 Å². The first-order valence-electron chi connectivity index (χ1n) is 7.40. The predicted molar refractivity (Wildman–Crippen MR) is 70.7 cm³/mol. The molecule has 1 aromatic rings. The molecule has 0 spiro atoms. The van der Waals surface area contributed by atoms with E-state index in [0.717, 1.165) is 26.2 Å². The highest BCUT2D eigenvalue weighted by Gasteiger charge is 2.42. The van der Waals surface area contributed by atoms with Crippen LogP contribution in [-0.4, -0.2) is 52.0 Å². The monoisotopic (exact) mass is 303 g/mol. The van der Waals surface area contributed by atoms with E-state index in [1.54, 1.807) is 4.57 Å². The third kappa shape index (κ3) is 2.91. The van der Waals surface area contributed by atoms with Gasteiger partial charge in [-0.3, -0.25) is 4.90 Å². The summed E-state index contributed by atoms with van der Waals surface area (Å²) in [4.78, 5) is 2.24. The Morgan fingerprint density at radius 3 is 2.62 bits per heavy atom. The fourth-order valence-corrected chi connectivity index (χ4v) is 3.16. The maximum absolute atomic E-state index is 13.0. The molecule has 1 fully saturated rings. The van der Waals surface area contributed by atoms with Crippen LogP contribution in [0.4, 0.5) is 13.2 Å². The van der Waals surface area contributed by atoms with Crippen molar-refractivity contribution >= 4 is 0 Å². The Morgan fingerprint density at radius 1 is 1.24 bits per heavy atom. The Balaban J connectivity index is 1.80. The minimum atomic E-state index is -4.14. The summed E-state index contributed by atoms with van der Waals surface area (Å²) in [6, 6.07) is 0.000309. The number of rotatable bonds is 2. The fourth-order valence-electron chi connectivity index (χ4n) is 3.16. The molecule has 5 nitrogen and oxygen atoms in total. The van der Waals surface area contributed by atoms with E-state index in [1.165, 1.54) is 0 Å².